The molecule has 1 aliphatic rings. The van der Waals surface area contributed by atoms with Crippen molar-refractivity contribution in [2.24, 2.45) is 0 Å². The van der Waals surface area contributed by atoms with Crippen molar-refractivity contribution in [1.29, 1.82) is 0 Å². The van der Waals surface area contributed by atoms with Crippen LogP contribution < -0.4 is 0 Å². The van der Waals surface area contributed by atoms with E-state index in [1.54, 1.807) is 0 Å². The van der Waals surface area contributed by atoms with Crippen LogP contribution in [0.3, 0.4) is 0 Å². The molecule has 12 rings (SSSR count). The Labute approximate surface area is 339 Å². The van der Waals surface area contributed by atoms with Crippen LogP contribution in [-0.4, -0.2) is 24.5 Å². The Kier molecular flexibility index (Phi) is 7.50. The summed E-state index contributed by atoms with van der Waals surface area (Å²) in [5.41, 5.74) is 16.1. The van der Waals surface area contributed by atoms with E-state index in [1.165, 1.54) is 22.3 Å². The van der Waals surface area contributed by atoms with E-state index < -0.39 is 0 Å². The Hall–Kier alpha value is -7.96. The van der Waals surface area contributed by atoms with E-state index in [4.69, 9.17) is 24.4 Å². The van der Waals surface area contributed by atoms with Gasteiger partial charge in [-0.25, -0.2) is 19.9 Å². The fraction of sp³-hybridized carbons (Fsp3) is 0.0189. The number of para-hydroxylation sites is 1. The molecule has 0 radical (unpaired) electrons. The molecule has 3 aromatic heterocycles. The molecule has 0 N–H and O–H groups in total. The van der Waals surface area contributed by atoms with Crippen molar-refractivity contribution in [3.05, 3.63) is 199 Å². The first-order chi connectivity index (χ1) is 29.2. The minimum Gasteiger partial charge on any atom is -0.435 e. The van der Waals surface area contributed by atoms with Gasteiger partial charge in [-0.05, 0) is 94.9 Å². The summed E-state index contributed by atoms with van der Waals surface area (Å²) < 4.78 is 8.82. The van der Waals surface area contributed by atoms with Crippen LogP contribution in [0.15, 0.2) is 192 Å². The van der Waals surface area contributed by atoms with E-state index in [9.17, 15) is 0 Å². The average Bonchev–Trinajstić information content (AvgIpc) is 4.01. The summed E-state index contributed by atoms with van der Waals surface area (Å²) in [5.74, 6) is 2.56. The van der Waals surface area contributed by atoms with Crippen molar-refractivity contribution in [3.8, 4) is 73.6 Å². The van der Waals surface area contributed by atoms with Crippen LogP contribution in [0.4, 0.5) is 0 Å². The Morgan fingerprint density at radius 2 is 0.932 bits per heavy atom. The first-order valence-corrected chi connectivity index (χ1v) is 19.8. The average molecular weight is 756 g/mol. The molecule has 276 valence electrons. The second kappa shape index (κ2) is 13.3. The van der Waals surface area contributed by atoms with Gasteiger partial charge in [0.05, 0.1) is 11.0 Å². The highest BCUT2D eigenvalue weighted by molar-refractivity contribution is 6.11. The molecule has 0 bridgehead atoms. The van der Waals surface area contributed by atoms with Gasteiger partial charge in [-0.2, -0.15) is 0 Å². The number of fused-ring (bicyclic) bond motifs is 8. The molecule has 0 saturated heterocycles. The van der Waals surface area contributed by atoms with Crippen LogP contribution in [0.1, 0.15) is 11.1 Å². The standard InChI is InChI=1S/C53H33N5O/c1-5-13-33(14-6-1)50-55-51(34-15-7-2-8-16-34)57-52(56-50)39-24-28-47-44(32-39)43-31-37(23-27-46(43)58(47)41-19-11-4-12-20-41)36-21-25-42-40(29-36)30-38-22-26-45-49(48(38)42)59-53(54-45)35-17-9-3-10-18-35/h1-29,31-32H,30H2. The van der Waals surface area contributed by atoms with Gasteiger partial charge in [-0.3, -0.25) is 0 Å². The maximum Gasteiger partial charge on any atom is 0.227 e. The molecule has 0 atom stereocenters. The molecule has 0 unspecified atom stereocenters. The number of aromatic nitrogens is 5. The molecule has 6 heteroatoms. The van der Waals surface area contributed by atoms with Crippen molar-refractivity contribution < 1.29 is 4.42 Å². The summed E-state index contributed by atoms with van der Waals surface area (Å²) in [6.45, 7) is 0. The molecule has 8 aromatic carbocycles. The lowest BCUT2D eigenvalue weighted by Crippen LogP contribution is -2.00. The zero-order valence-electron chi connectivity index (χ0n) is 31.7. The van der Waals surface area contributed by atoms with Gasteiger partial charge in [0.15, 0.2) is 23.1 Å². The maximum atomic E-state index is 6.47. The number of nitrogens with zero attached hydrogens (tertiary/aromatic N) is 5. The van der Waals surface area contributed by atoms with Gasteiger partial charge in [0.1, 0.15) is 5.52 Å². The number of hydrogen-bond acceptors (Lipinski definition) is 5. The first kappa shape index (κ1) is 33.2. The molecule has 0 fully saturated rings. The number of rotatable bonds is 6. The summed E-state index contributed by atoms with van der Waals surface area (Å²) >= 11 is 0. The van der Waals surface area contributed by atoms with E-state index in [0.717, 1.165) is 78.4 Å². The van der Waals surface area contributed by atoms with Gasteiger partial charge in [-0.15, -0.1) is 0 Å². The van der Waals surface area contributed by atoms with Crippen LogP contribution in [-0.2, 0) is 6.42 Å². The summed E-state index contributed by atoms with van der Waals surface area (Å²) in [4.78, 5) is 19.9. The molecule has 6 nitrogen and oxygen atoms in total. The molecule has 11 aromatic rings. The van der Waals surface area contributed by atoms with E-state index in [-0.39, 0.29) is 0 Å². The van der Waals surface area contributed by atoms with Gasteiger partial charge < -0.3 is 8.98 Å². The third-order valence-corrected chi connectivity index (χ3v) is 11.5. The molecule has 0 saturated carbocycles. The van der Waals surface area contributed by atoms with Crippen LogP contribution in [0, 0.1) is 0 Å². The van der Waals surface area contributed by atoms with Gasteiger partial charge in [0.25, 0.3) is 0 Å². The Morgan fingerprint density at radius 1 is 0.407 bits per heavy atom. The van der Waals surface area contributed by atoms with Crippen LogP contribution in [0.2, 0.25) is 0 Å². The smallest absolute Gasteiger partial charge is 0.227 e. The van der Waals surface area contributed by atoms with Gasteiger partial charge in [0, 0.05) is 44.3 Å². The highest BCUT2D eigenvalue weighted by Gasteiger charge is 2.25. The summed E-state index contributed by atoms with van der Waals surface area (Å²) in [7, 11) is 0. The van der Waals surface area contributed by atoms with E-state index in [1.807, 2.05) is 91.0 Å². The molecular formula is C53H33N5O. The predicted molar refractivity (Wildman–Crippen MR) is 237 cm³/mol. The van der Waals surface area contributed by atoms with Crippen molar-refractivity contribution in [2.45, 2.75) is 6.42 Å². The topological polar surface area (TPSA) is 69.6 Å². The SMILES string of the molecule is c1ccc(-c2nc(-c3ccccc3)nc(-c3ccc4c(c3)c3cc(-c5ccc6c(c5)Cc5ccc7nc(-c8ccccc8)oc7c5-6)ccc3n4-c3ccccc3)n2)cc1. The fourth-order valence-corrected chi connectivity index (χ4v) is 8.68. The minimum atomic E-state index is 0.631. The first-order valence-electron chi connectivity index (χ1n) is 19.8. The summed E-state index contributed by atoms with van der Waals surface area (Å²) in [5, 5.41) is 2.28. The highest BCUT2D eigenvalue weighted by atomic mass is 16.3. The van der Waals surface area contributed by atoms with E-state index >= 15 is 0 Å². The molecule has 59 heavy (non-hydrogen) atoms. The van der Waals surface area contributed by atoms with E-state index in [0.29, 0.717) is 23.4 Å². The van der Waals surface area contributed by atoms with Gasteiger partial charge in [0.2, 0.25) is 5.89 Å². The lowest BCUT2D eigenvalue weighted by Gasteiger charge is -2.10. The molecule has 0 spiro atoms. The fourth-order valence-electron chi connectivity index (χ4n) is 8.68. The van der Waals surface area contributed by atoms with Crippen LogP contribution >= 0.6 is 0 Å². The van der Waals surface area contributed by atoms with Crippen molar-refractivity contribution in [2.75, 3.05) is 0 Å². The lowest BCUT2D eigenvalue weighted by atomic mass is 9.97. The second-order valence-electron chi connectivity index (χ2n) is 15.1. The minimum absolute atomic E-state index is 0.631. The second-order valence-corrected chi connectivity index (χ2v) is 15.1. The van der Waals surface area contributed by atoms with Gasteiger partial charge in [-0.1, -0.05) is 127 Å². The zero-order chi connectivity index (χ0) is 38.9. The molecule has 0 amide bonds. The predicted octanol–water partition coefficient (Wildman–Crippen LogP) is 13.0. The number of hydrogen-bond donors (Lipinski definition) is 0. The van der Waals surface area contributed by atoms with Crippen molar-refractivity contribution in [1.82, 2.24) is 24.5 Å². The number of benzene rings is 8. The number of oxazole rings is 1. The monoisotopic (exact) mass is 755 g/mol. The zero-order valence-corrected chi connectivity index (χ0v) is 31.7. The summed E-state index contributed by atoms with van der Waals surface area (Å²) in [6.07, 6.45) is 0.844. The largest absolute Gasteiger partial charge is 0.435 e. The molecular weight excluding hydrogens is 723 g/mol. The third kappa shape index (κ3) is 5.57. The normalized spacial score (nSPS) is 12.0. The van der Waals surface area contributed by atoms with Crippen molar-refractivity contribution >= 4 is 32.9 Å². The van der Waals surface area contributed by atoms with Gasteiger partial charge >= 0.3 is 0 Å². The lowest BCUT2D eigenvalue weighted by molar-refractivity contribution is 0.620. The molecule has 0 aliphatic heterocycles. The Bertz CT molecular complexity index is 3330. The Morgan fingerprint density at radius 3 is 1.58 bits per heavy atom. The molecule has 3 heterocycles. The maximum absolute atomic E-state index is 6.47. The quantitative estimate of drug-likeness (QED) is 0.169. The van der Waals surface area contributed by atoms with Crippen molar-refractivity contribution in [3.63, 3.8) is 0 Å². The van der Waals surface area contributed by atoms with Crippen LogP contribution in [0.5, 0.6) is 0 Å². The third-order valence-electron chi connectivity index (χ3n) is 11.5. The van der Waals surface area contributed by atoms with Crippen LogP contribution in [0.25, 0.3) is 106 Å². The summed E-state index contributed by atoms with van der Waals surface area (Å²) in [6, 6.07) is 65.5. The van der Waals surface area contributed by atoms with E-state index in [2.05, 4.69) is 102 Å². The Balaban J connectivity index is 0.998. The molecule has 1 aliphatic carbocycles. The highest BCUT2D eigenvalue weighted by Crippen LogP contribution is 2.45.